The first-order chi connectivity index (χ1) is 7.52. The molecule has 84 valence electrons. The van der Waals surface area contributed by atoms with Crippen LogP contribution in [-0.4, -0.2) is 7.11 Å². The van der Waals surface area contributed by atoms with Crippen LogP contribution < -0.4 is 10.5 Å². The van der Waals surface area contributed by atoms with Crippen molar-refractivity contribution in [2.24, 2.45) is 5.73 Å². The van der Waals surface area contributed by atoms with Gasteiger partial charge in [0.15, 0.2) is 0 Å². The number of ether oxygens (including phenoxy) is 1. The highest BCUT2D eigenvalue weighted by Gasteiger charge is 2.16. The Labute approximate surface area is 96.0 Å². The second-order valence-electron chi connectivity index (χ2n) is 4.61. The highest BCUT2D eigenvalue weighted by molar-refractivity contribution is 5.87. The van der Waals surface area contributed by atoms with Crippen LogP contribution in [0.25, 0.3) is 10.8 Å². The summed E-state index contributed by atoms with van der Waals surface area (Å²) in [6.07, 6.45) is 0. The lowest BCUT2D eigenvalue weighted by molar-refractivity contribution is 0.415. The molecule has 0 aliphatic carbocycles. The maximum atomic E-state index is 6.16. The molecule has 2 N–H and O–H groups in total. The van der Waals surface area contributed by atoms with Crippen molar-refractivity contribution in [2.45, 2.75) is 19.4 Å². The van der Waals surface area contributed by atoms with Gasteiger partial charge in [-0.25, -0.2) is 0 Å². The number of benzene rings is 2. The Kier molecular flexibility index (Phi) is 2.60. The molecule has 0 radical (unpaired) electrons. The van der Waals surface area contributed by atoms with Crippen LogP contribution >= 0.6 is 0 Å². The number of fused-ring (bicyclic) bond motifs is 1. The largest absolute Gasteiger partial charge is 0.497 e. The molecule has 0 unspecified atom stereocenters. The molecule has 0 amide bonds. The fourth-order valence-electron chi connectivity index (χ4n) is 1.95. The number of rotatable bonds is 2. The fourth-order valence-corrected chi connectivity index (χ4v) is 1.95. The second kappa shape index (κ2) is 3.80. The number of hydrogen-bond donors (Lipinski definition) is 1. The Morgan fingerprint density at radius 3 is 2.50 bits per heavy atom. The molecule has 2 nitrogen and oxygen atoms in total. The van der Waals surface area contributed by atoms with E-state index in [1.165, 1.54) is 5.39 Å². The maximum absolute atomic E-state index is 6.16. The molecule has 0 saturated carbocycles. The van der Waals surface area contributed by atoms with Gasteiger partial charge in [-0.05, 0) is 42.3 Å². The molecule has 16 heavy (non-hydrogen) atoms. The third-order valence-electron chi connectivity index (χ3n) is 2.78. The van der Waals surface area contributed by atoms with E-state index >= 15 is 0 Å². The van der Waals surface area contributed by atoms with Crippen molar-refractivity contribution >= 4 is 10.8 Å². The molecule has 2 heteroatoms. The third-order valence-corrected chi connectivity index (χ3v) is 2.78. The number of methoxy groups -OCH3 is 1. The molecule has 0 bridgehead atoms. The molecule has 2 rings (SSSR count). The van der Waals surface area contributed by atoms with E-state index in [9.17, 15) is 0 Å². The molecule has 0 saturated heterocycles. The van der Waals surface area contributed by atoms with Crippen LogP contribution in [0.1, 0.15) is 19.4 Å². The van der Waals surface area contributed by atoms with E-state index in [-0.39, 0.29) is 5.54 Å². The van der Waals surface area contributed by atoms with Crippen LogP contribution in [0.4, 0.5) is 0 Å². The number of hydrogen-bond acceptors (Lipinski definition) is 2. The Balaban J connectivity index is 2.70. The van der Waals surface area contributed by atoms with Gasteiger partial charge in [0.25, 0.3) is 0 Å². The summed E-state index contributed by atoms with van der Waals surface area (Å²) in [6, 6.07) is 12.3. The molecule has 0 atom stereocenters. The van der Waals surface area contributed by atoms with Crippen LogP contribution in [0.5, 0.6) is 5.75 Å². The topological polar surface area (TPSA) is 35.2 Å². The highest BCUT2D eigenvalue weighted by atomic mass is 16.5. The van der Waals surface area contributed by atoms with Crippen molar-refractivity contribution in [3.05, 3.63) is 42.0 Å². The van der Waals surface area contributed by atoms with Crippen molar-refractivity contribution in [2.75, 3.05) is 7.11 Å². The van der Waals surface area contributed by atoms with Gasteiger partial charge in [0, 0.05) is 5.54 Å². The molecule has 0 aliphatic heterocycles. The van der Waals surface area contributed by atoms with Crippen molar-refractivity contribution in [3.63, 3.8) is 0 Å². The van der Waals surface area contributed by atoms with Crippen LogP contribution in [0.15, 0.2) is 36.4 Å². The molecule has 0 aliphatic rings. The van der Waals surface area contributed by atoms with Crippen molar-refractivity contribution in [1.29, 1.82) is 0 Å². The van der Waals surface area contributed by atoms with E-state index < -0.39 is 0 Å². The first kappa shape index (κ1) is 11.0. The van der Waals surface area contributed by atoms with Crippen LogP contribution in [0, 0.1) is 0 Å². The van der Waals surface area contributed by atoms with Gasteiger partial charge in [-0.1, -0.05) is 24.3 Å². The predicted octanol–water partition coefficient (Wildman–Crippen LogP) is 3.04. The zero-order chi connectivity index (χ0) is 11.8. The van der Waals surface area contributed by atoms with Crippen molar-refractivity contribution < 1.29 is 4.74 Å². The van der Waals surface area contributed by atoms with Crippen LogP contribution in [-0.2, 0) is 5.54 Å². The van der Waals surface area contributed by atoms with E-state index in [0.29, 0.717) is 0 Å². The molecule has 2 aromatic rings. The SMILES string of the molecule is COc1ccc2c(C(C)(C)N)cccc2c1. The van der Waals surface area contributed by atoms with Gasteiger partial charge in [0.2, 0.25) is 0 Å². The smallest absolute Gasteiger partial charge is 0.119 e. The average molecular weight is 215 g/mol. The Bertz CT molecular complexity index is 512. The summed E-state index contributed by atoms with van der Waals surface area (Å²) in [5.74, 6) is 0.875. The quantitative estimate of drug-likeness (QED) is 0.835. The molecule has 2 aromatic carbocycles. The Hall–Kier alpha value is -1.54. The minimum absolute atomic E-state index is 0.325. The van der Waals surface area contributed by atoms with Gasteiger partial charge in [-0.15, -0.1) is 0 Å². The monoisotopic (exact) mass is 215 g/mol. The van der Waals surface area contributed by atoms with Gasteiger partial charge >= 0.3 is 0 Å². The molecular weight excluding hydrogens is 198 g/mol. The van der Waals surface area contributed by atoms with E-state index in [2.05, 4.69) is 18.2 Å². The molecule has 0 spiro atoms. The van der Waals surface area contributed by atoms with Crippen molar-refractivity contribution in [3.8, 4) is 5.75 Å². The van der Waals surface area contributed by atoms with E-state index in [4.69, 9.17) is 10.5 Å². The summed E-state index contributed by atoms with van der Waals surface area (Å²) in [5.41, 5.74) is 7.00. The minimum Gasteiger partial charge on any atom is -0.497 e. The maximum Gasteiger partial charge on any atom is 0.119 e. The van der Waals surface area contributed by atoms with E-state index in [0.717, 1.165) is 16.7 Å². The van der Waals surface area contributed by atoms with E-state index in [1.54, 1.807) is 7.11 Å². The first-order valence-corrected chi connectivity index (χ1v) is 5.38. The molecular formula is C14H17NO. The molecule has 0 aromatic heterocycles. The summed E-state index contributed by atoms with van der Waals surface area (Å²) in [6.45, 7) is 4.04. The normalized spacial score (nSPS) is 11.8. The highest BCUT2D eigenvalue weighted by Crippen LogP contribution is 2.29. The first-order valence-electron chi connectivity index (χ1n) is 5.38. The third kappa shape index (κ3) is 1.89. The average Bonchev–Trinajstić information content (AvgIpc) is 2.26. The van der Waals surface area contributed by atoms with Crippen LogP contribution in [0.3, 0.4) is 0 Å². The summed E-state index contributed by atoms with van der Waals surface area (Å²) in [4.78, 5) is 0. The summed E-state index contributed by atoms with van der Waals surface area (Å²) in [5, 5.41) is 2.35. The lowest BCUT2D eigenvalue weighted by Crippen LogP contribution is -2.28. The summed E-state index contributed by atoms with van der Waals surface area (Å²) >= 11 is 0. The predicted molar refractivity (Wildman–Crippen MR) is 67.7 cm³/mol. The summed E-state index contributed by atoms with van der Waals surface area (Å²) in [7, 11) is 1.68. The van der Waals surface area contributed by atoms with E-state index in [1.807, 2.05) is 32.0 Å². The minimum atomic E-state index is -0.325. The van der Waals surface area contributed by atoms with Crippen molar-refractivity contribution in [1.82, 2.24) is 0 Å². The molecule has 0 fully saturated rings. The van der Waals surface area contributed by atoms with Gasteiger partial charge in [-0.2, -0.15) is 0 Å². The zero-order valence-corrected chi connectivity index (χ0v) is 9.95. The molecule has 0 heterocycles. The number of nitrogens with two attached hydrogens (primary N) is 1. The van der Waals surface area contributed by atoms with Gasteiger partial charge < -0.3 is 10.5 Å². The van der Waals surface area contributed by atoms with Crippen LogP contribution in [0.2, 0.25) is 0 Å². The second-order valence-corrected chi connectivity index (χ2v) is 4.61. The fraction of sp³-hybridized carbons (Fsp3) is 0.286. The lowest BCUT2D eigenvalue weighted by Gasteiger charge is -2.21. The van der Waals surface area contributed by atoms with Gasteiger partial charge in [0.1, 0.15) is 5.75 Å². The Morgan fingerprint density at radius 2 is 1.88 bits per heavy atom. The lowest BCUT2D eigenvalue weighted by atomic mass is 9.90. The Morgan fingerprint density at radius 1 is 1.12 bits per heavy atom. The summed E-state index contributed by atoms with van der Waals surface area (Å²) < 4.78 is 5.22. The van der Waals surface area contributed by atoms with Gasteiger partial charge in [0.05, 0.1) is 7.11 Å². The zero-order valence-electron chi connectivity index (χ0n) is 9.95. The van der Waals surface area contributed by atoms with Gasteiger partial charge in [-0.3, -0.25) is 0 Å². The standard InChI is InChI=1S/C14H17NO/c1-14(2,15)13-6-4-5-10-9-11(16-3)7-8-12(10)13/h4-9H,15H2,1-3H3.